The normalized spacial score (nSPS) is 11.2. The molecule has 0 saturated carbocycles. The summed E-state index contributed by atoms with van der Waals surface area (Å²) in [5, 5.41) is 12.5. The molecule has 0 saturated heterocycles. The molecule has 0 radical (unpaired) electrons. The molecule has 0 bridgehead atoms. The molecule has 0 spiro atoms. The Kier molecular flexibility index (Phi) is 4.96. The first-order valence-corrected chi connectivity index (χ1v) is 8.82. The van der Waals surface area contributed by atoms with Gasteiger partial charge in [-0.25, -0.2) is 13.6 Å². The van der Waals surface area contributed by atoms with Gasteiger partial charge >= 0.3 is 0 Å². The molecule has 3 rings (SSSR count). The van der Waals surface area contributed by atoms with Crippen LogP contribution < -0.4 is 14.6 Å². The molecule has 0 aliphatic carbocycles. The highest BCUT2D eigenvalue weighted by Gasteiger charge is 2.07. The first kappa shape index (κ1) is 16.9. The Bertz CT molecular complexity index is 907. The zero-order valence-corrected chi connectivity index (χ0v) is 13.8. The lowest BCUT2D eigenvalue weighted by Gasteiger charge is -2.09. The van der Waals surface area contributed by atoms with Crippen molar-refractivity contribution in [3.63, 3.8) is 0 Å². The summed E-state index contributed by atoms with van der Waals surface area (Å²) in [5.41, 5.74) is 0.802. The van der Waals surface area contributed by atoms with Gasteiger partial charge in [0.1, 0.15) is 24.7 Å². The lowest BCUT2D eigenvalue weighted by atomic mass is 10.2. The second kappa shape index (κ2) is 7.32. The minimum Gasteiger partial charge on any atom is -0.490 e. The first-order chi connectivity index (χ1) is 12.0. The van der Waals surface area contributed by atoms with Gasteiger partial charge in [0.25, 0.3) is 0 Å². The maximum atomic E-state index is 11.2. The summed E-state index contributed by atoms with van der Waals surface area (Å²) in [7, 11) is -3.70. The van der Waals surface area contributed by atoms with Gasteiger partial charge in [-0.15, -0.1) is 10.2 Å². The van der Waals surface area contributed by atoms with E-state index in [9.17, 15) is 8.42 Å². The van der Waals surface area contributed by atoms with Crippen LogP contribution in [0.5, 0.6) is 11.5 Å². The predicted octanol–water partition coefficient (Wildman–Crippen LogP) is 1.84. The van der Waals surface area contributed by atoms with E-state index in [4.69, 9.17) is 19.0 Å². The largest absolute Gasteiger partial charge is 0.490 e. The minimum atomic E-state index is -3.70. The van der Waals surface area contributed by atoms with Gasteiger partial charge in [0.05, 0.1) is 4.90 Å². The Morgan fingerprint density at radius 3 is 1.96 bits per heavy atom. The molecule has 0 aliphatic rings. The molecule has 9 heteroatoms. The molecule has 3 aromatic rings. The van der Waals surface area contributed by atoms with E-state index in [1.165, 1.54) is 18.5 Å². The molecule has 1 aromatic heterocycles. The molecular weight excluding hydrogens is 346 g/mol. The van der Waals surface area contributed by atoms with Crippen LogP contribution in [0.3, 0.4) is 0 Å². The van der Waals surface area contributed by atoms with Crippen LogP contribution in [0.1, 0.15) is 0 Å². The minimum absolute atomic E-state index is 0.0393. The van der Waals surface area contributed by atoms with Crippen LogP contribution in [-0.4, -0.2) is 31.8 Å². The quantitative estimate of drug-likeness (QED) is 0.638. The molecule has 2 N–H and O–H groups in total. The third-order valence-electron chi connectivity index (χ3n) is 3.23. The number of sulfonamides is 1. The van der Waals surface area contributed by atoms with Gasteiger partial charge in [0, 0.05) is 5.56 Å². The molecule has 0 atom stereocenters. The van der Waals surface area contributed by atoms with E-state index in [-0.39, 0.29) is 4.90 Å². The third kappa shape index (κ3) is 4.55. The van der Waals surface area contributed by atoms with Crippen molar-refractivity contribution >= 4 is 10.0 Å². The van der Waals surface area contributed by atoms with Crippen molar-refractivity contribution in [2.45, 2.75) is 4.90 Å². The zero-order valence-electron chi connectivity index (χ0n) is 13.0. The third-order valence-corrected chi connectivity index (χ3v) is 4.16. The monoisotopic (exact) mass is 361 g/mol. The van der Waals surface area contributed by atoms with E-state index in [2.05, 4.69) is 10.2 Å². The van der Waals surface area contributed by atoms with Crippen LogP contribution in [0.25, 0.3) is 11.5 Å². The van der Waals surface area contributed by atoms with Crippen LogP contribution in [-0.2, 0) is 10.0 Å². The van der Waals surface area contributed by atoms with Gasteiger partial charge in [0.15, 0.2) is 0 Å². The van der Waals surface area contributed by atoms with Gasteiger partial charge in [-0.2, -0.15) is 0 Å². The van der Waals surface area contributed by atoms with Crippen LogP contribution >= 0.6 is 0 Å². The van der Waals surface area contributed by atoms with E-state index in [0.717, 1.165) is 5.56 Å². The van der Waals surface area contributed by atoms with Crippen LogP contribution in [0, 0.1) is 0 Å². The fourth-order valence-electron chi connectivity index (χ4n) is 2.04. The zero-order chi connectivity index (χ0) is 17.7. The average Bonchev–Trinajstić information content (AvgIpc) is 3.13. The fourth-order valence-corrected chi connectivity index (χ4v) is 2.55. The van der Waals surface area contributed by atoms with E-state index in [1.807, 2.05) is 12.1 Å². The summed E-state index contributed by atoms with van der Waals surface area (Å²) in [6, 6.07) is 13.1. The maximum Gasteiger partial charge on any atom is 0.247 e. The van der Waals surface area contributed by atoms with Crippen LogP contribution in [0.15, 0.2) is 64.2 Å². The molecule has 0 fully saturated rings. The Morgan fingerprint density at radius 2 is 1.48 bits per heavy atom. The summed E-state index contributed by atoms with van der Waals surface area (Å²) in [6.45, 7) is 0.636. The SMILES string of the molecule is NS(=O)(=O)c1ccc(OCCOc2ccc(-c3nnco3)cc2)cc1. The number of hydrogen-bond donors (Lipinski definition) is 1. The van der Waals surface area contributed by atoms with E-state index in [0.29, 0.717) is 30.6 Å². The molecule has 2 aromatic carbocycles. The van der Waals surface area contributed by atoms with Crippen molar-refractivity contribution in [3.8, 4) is 23.0 Å². The number of hydrogen-bond acceptors (Lipinski definition) is 7. The lowest BCUT2D eigenvalue weighted by molar-refractivity contribution is 0.217. The highest BCUT2D eigenvalue weighted by molar-refractivity contribution is 7.89. The highest BCUT2D eigenvalue weighted by atomic mass is 32.2. The van der Waals surface area contributed by atoms with Gasteiger partial charge in [-0.05, 0) is 48.5 Å². The number of aromatic nitrogens is 2. The molecule has 25 heavy (non-hydrogen) atoms. The number of nitrogens with zero attached hydrogens (tertiary/aromatic N) is 2. The predicted molar refractivity (Wildman–Crippen MR) is 88.5 cm³/mol. The van der Waals surface area contributed by atoms with Crippen molar-refractivity contribution in [1.82, 2.24) is 10.2 Å². The standard InChI is InChI=1S/C16H15N3O5S/c17-25(20,21)15-7-5-14(6-8-15)23-10-9-22-13-3-1-12(2-4-13)16-19-18-11-24-16/h1-8,11H,9-10H2,(H2,17,20,21). The number of ether oxygens (including phenoxy) is 2. The average molecular weight is 361 g/mol. The highest BCUT2D eigenvalue weighted by Crippen LogP contribution is 2.20. The topological polar surface area (TPSA) is 118 Å². The van der Waals surface area contributed by atoms with Gasteiger partial charge in [0.2, 0.25) is 22.3 Å². The van der Waals surface area contributed by atoms with Crippen molar-refractivity contribution in [2.24, 2.45) is 5.14 Å². The molecular formula is C16H15N3O5S. The summed E-state index contributed by atoms with van der Waals surface area (Å²) in [4.78, 5) is 0.0393. The van der Waals surface area contributed by atoms with Crippen LogP contribution in [0.4, 0.5) is 0 Å². The molecule has 0 aliphatic heterocycles. The molecule has 0 amide bonds. The molecule has 1 heterocycles. The smallest absolute Gasteiger partial charge is 0.247 e. The Hall–Kier alpha value is -2.91. The van der Waals surface area contributed by atoms with Crippen molar-refractivity contribution in [2.75, 3.05) is 13.2 Å². The van der Waals surface area contributed by atoms with Gasteiger partial charge in [-0.3, -0.25) is 0 Å². The second-order valence-electron chi connectivity index (χ2n) is 4.98. The van der Waals surface area contributed by atoms with Crippen molar-refractivity contribution < 1.29 is 22.3 Å². The first-order valence-electron chi connectivity index (χ1n) is 7.27. The lowest BCUT2D eigenvalue weighted by Crippen LogP contribution is -2.12. The van der Waals surface area contributed by atoms with Crippen molar-refractivity contribution in [1.29, 1.82) is 0 Å². The summed E-state index contributed by atoms with van der Waals surface area (Å²) in [5.74, 6) is 1.65. The number of rotatable bonds is 7. The maximum absolute atomic E-state index is 11.2. The van der Waals surface area contributed by atoms with Gasteiger partial charge in [-0.1, -0.05) is 0 Å². The van der Waals surface area contributed by atoms with E-state index >= 15 is 0 Å². The molecule has 8 nitrogen and oxygen atoms in total. The second-order valence-corrected chi connectivity index (χ2v) is 6.54. The van der Waals surface area contributed by atoms with E-state index in [1.54, 1.807) is 24.3 Å². The summed E-state index contributed by atoms with van der Waals surface area (Å²) >= 11 is 0. The number of benzene rings is 2. The Balaban J connectivity index is 1.47. The van der Waals surface area contributed by atoms with E-state index < -0.39 is 10.0 Å². The number of primary sulfonamides is 1. The van der Waals surface area contributed by atoms with Crippen molar-refractivity contribution in [3.05, 3.63) is 54.9 Å². The summed E-state index contributed by atoms with van der Waals surface area (Å²) < 4.78 is 38.5. The Labute approximate surface area is 144 Å². The molecule has 0 unspecified atom stereocenters. The Morgan fingerprint density at radius 1 is 0.920 bits per heavy atom. The molecule has 130 valence electrons. The summed E-state index contributed by atoms with van der Waals surface area (Å²) in [6.07, 6.45) is 1.27. The number of nitrogens with two attached hydrogens (primary N) is 1. The van der Waals surface area contributed by atoms with Crippen LogP contribution in [0.2, 0.25) is 0 Å². The van der Waals surface area contributed by atoms with Gasteiger partial charge < -0.3 is 13.9 Å². The fraction of sp³-hybridized carbons (Fsp3) is 0.125.